The summed E-state index contributed by atoms with van der Waals surface area (Å²) in [6, 6.07) is 23.8. The molecule has 1 atom stereocenters. The lowest BCUT2D eigenvalue weighted by atomic mass is 10.0. The van der Waals surface area contributed by atoms with Gasteiger partial charge in [-0.2, -0.15) is 4.31 Å². The van der Waals surface area contributed by atoms with E-state index in [-0.39, 0.29) is 17.2 Å². The molecule has 1 aliphatic heterocycles. The van der Waals surface area contributed by atoms with E-state index in [0.717, 1.165) is 37.4 Å². The highest BCUT2D eigenvalue weighted by atomic mass is 32.2. The summed E-state index contributed by atoms with van der Waals surface area (Å²) in [4.78, 5) is 22.4. The van der Waals surface area contributed by atoms with Crippen LogP contribution in [0.1, 0.15) is 29.2 Å². The normalized spacial score (nSPS) is 14.4. The van der Waals surface area contributed by atoms with Crippen molar-refractivity contribution in [2.45, 2.75) is 31.2 Å². The van der Waals surface area contributed by atoms with Gasteiger partial charge >= 0.3 is 0 Å². The van der Waals surface area contributed by atoms with Crippen LogP contribution in [0, 0.1) is 13.8 Å². The van der Waals surface area contributed by atoms with Gasteiger partial charge in [-0.25, -0.2) is 8.42 Å². The summed E-state index contributed by atoms with van der Waals surface area (Å²) < 4.78 is 34.5. The molecular weight excluding hydrogens is 574 g/mol. The zero-order valence-corrected chi connectivity index (χ0v) is 26.4. The van der Waals surface area contributed by atoms with Crippen LogP contribution in [0.5, 0.6) is 5.75 Å². The van der Waals surface area contributed by atoms with E-state index in [1.807, 2.05) is 79.1 Å². The molecule has 0 bridgehead atoms. The standard InChI is InChI=1S/C34H39N5O4S/c1-25-22-31(43-4)23-26(2)34(25)44(41,42)37(3)32(27-8-6-5-7-9-27)24-33(40)36-28-10-12-29(13-11-28)38-18-20-39(21-19-38)30-14-16-35-17-15-30/h5-17,22-23,32H,18-21,24H2,1-4H3,(H,36,40). The van der Waals surface area contributed by atoms with Crippen molar-refractivity contribution in [1.82, 2.24) is 9.29 Å². The fourth-order valence-corrected chi connectivity index (χ4v) is 7.55. The first-order valence-corrected chi connectivity index (χ1v) is 16.1. The predicted molar refractivity (Wildman–Crippen MR) is 175 cm³/mol. The summed E-state index contributed by atoms with van der Waals surface area (Å²) in [6.45, 7) is 7.11. The van der Waals surface area contributed by atoms with Gasteiger partial charge in [0, 0.05) is 69.1 Å². The number of carbonyl (C=O) groups is 1. The van der Waals surface area contributed by atoms with Gasteiger partial charge in [0.2, 0.25) is 15.9 Å². The van der Waals surface area contributed by atoms with Crippen molar-refractivity contribution in [3.63, 3.8) is 0 Å². The number of anilines is 3. The topological polar surface area (TPSA) is 95.1 Å². The van der Waals surface area contributed by atoms with Crippen LogP contribution < -0.4 is 19.9 Å². The first-order chi connectivity index (χ1) is 21.2. The number of aryl methyl sites for hydroxylation is 2. The summed E-state index contributed by atoms with van der Waals surface area (Å²) in [5.41, 5.74) is 4.84. The Labute approximate surface area is 260 Å². The summed E-state index contributed by atoms with van der Waals surface area (Å²) in [6.07, 6.45) is 3.58. The number of amides is 1. The van der Waals surface area contributed by atoms with E-state index in [1.165, 1.54) is 17.0 Å². The number of nitrogens with one attached hydrogen (secondary N) is 1. The Morgan fingerprint density at radius 1 is 0.886 bits per heavy atom. The Morgan fingerprint density at radius 3 is 1.98 bits per heavy atom. The van der Waals surface area contributed by atoms with Gasteiger partial charge in [0.15, 0.2) is 0 Å². The molecule has 10 heteroatoms. The molecule has 4 aromatic rings. The average Bonchev–Trinajstić information content (AvgIpc) is 3.04. The third-order valence-electron chi connectivity index (χ3n) is 8.13. The molecule has 230 valence electrons. The number of nitrogens with zero attached hydrogens (tertiary/aromatic N) is 4. The molecule has 5 rings (SSSR count). The predicted octanol–water partition coefficient (Wildman–Crippen LogP) is 5.42. The van der Waals surface area contributed by atoms with Gasteiger partial charge in [-0.05, 0) is 79.1 Å². The lowest BCUT2D eigenvalue weighted by Crippen LogP contribution is -2.46. The maximum absolute atomic E-state index is 14.0. The molecule has 1 fully saturated rings. The van der Waals surface area contributed by atoms with Gasteiger partial charge in [0.05, 0.1) is 18.0 Å². The number of benzene rings is 3. The number of ether oxygens (including phenoxy) is 1. The largest absolute Gasteiger partial charge is 0.497 e. The highest BCUT2D eigenvalue weighted by molar-refractivity contribution is 7.89. The molecule has 2 heterocycles. The van der Waals surface area contributed by atoms with E-state index in [0.29, 0.717) is 22.6 Å². The molecule has 1 unspecified atom stereocenters. The maximum Gasteiger partial charge on any atom is 0.243 e. The van der Waals surface area contributed by atoms with Crippen LogP contribution in [0.3, 0.4) is 0 Å². The molecule has 0 saturated carbocycles. The first kappa shape index (κ1) is 31.0. The highest BCUT2D eigenvalue weighted by Crippen LogP contribution is 2.34. The monoisotopic (exact) mass is 613 g/mol. The van der Waals surface area contributed by atoms with Gasteiger partial charge in [0.25, 0.3) is 0 Å². The number of hydrogen-bond acceptors (Lipinski definition) is 7. The number of aromatic nitrogens is 1. The molecule has 0 spiro atoms. The summed E-state index contributed by atoms with van der Waals surface area (Å²) >= 11 is 0. The molecule has 1 aliphatic rings. The molecule has 3 aromatic carbocycles. The Balaban J connectivity index is 1.28. The van der Waals surface area contributed by atoms with E-state index in [4.69, 9.17) is 4.74 Å². The summed E-state index contributed by atoms with van der Waals surface area (Å²) in [5, 5.41) is 2.98. The molecule has 1 saturated heterocycles. The van der Waals surface area contributed by atoms with Gasteiger partial charge in [-0.3, -0.25) is 9.78 Å². The molecule has 1 amide bonds. The van der Waals surface area contributed by atoms with Crippen molar-refractivity contribution in [3.8, 4) is 5.75 Å². The van der Waals surface area contributed by atoms with Crippen molar-refractivity contribution in [2.75, 3.05) is 55.5 Å². The van der Waals surface area contributed by atoms with E-state index < -0.39 is 16.1 Å². The van der Waals surface area contributed by atoms with Crippen LogP contribution in [0.15, 0.2) is 96.2 Å². The maximum atomic E-state index is 14.0. The van der Waals surface area contributed by atoms with Gasteiger partial charge in [-0.15, -0.1) is 0 Å². The van der Waals surface area contributed by atoms with Crippen LogP contribution in [0.2, 0.25) is 0 Å². The quantitative estimate of drug-likeness (QED) is 0.255. The molecule has 1 aromatic heterocycles. The summed E-state index contributed by atoms with van der Waals surface area (Å²) in [7, 11) is -0.858. The number of sulfonamides is 1. The van der Waals surface area contributed by atoms with E-state index in [1.54, 1.807) is 33.1 Å². The second kappa shape index (κ2) is 13.5. The van der Waals surface area contributed by atoms with Crippen LogP contribution in [-0.4, -0.2) is 64.0 Å². The number of methoxy groups -OCH3 is 1. The lowest BCUT2D eigenvalue weighted by molar-refractivity contribution is -0.117. The number of piperazine rings is 1. The van der Waals surface area contributed by atoms with Gasteiger partial charge in [-0.1, -0.05) is 30.3 Å². The zero-order chi connectivity index (χ0) is 31.3. The van der Waals surface area contributed by atoms with Crippen LogP contribution in [-0.2, 0) is 14.8 Å². The second-order valence-corrected chi connectivity index (χ2v) is 13.0. The third-order valence-corrected chi connectivity index (χ3v) is 10.3. The lowest BCUT2D eigenvalue weighted by Gasteiger charge is -2.37. The summed E-state index contributed by atoms with van der Waals surface area (Å²) in [5.74, 6) is 0.321. The average molecular weight is 614 g/mol. The minimum absolute atomic E-state index is 0.0489. The number of rotatable bonds is 10. The fourth-order valence-electron chi connectivity index (χ4n) is 5.80. The van der Waals surface area contributed by atoms with Crippen LogP contribution in [0.4, 0.5) is 17.1 Å². The number of carbonyl (C=O) groups excluding carboxylic acids is 1. The number of pyridine rings is 1. The van der Waals surface area contributed by atoms with Crippen molar-refractivity contribution < 1.29 is 17.9 Å². The Bertz CT molecular complexity index is 1650. The molecule has 0 aliphatic carbocycles. The smallest absolute Gasteiger partial charge is 0.243 e. The van der Waals surface area contributed by atoms with Crippen LogP contribution >= 0.6 is 0 Å². The minimum Gasteiger partial charge on any atom is -0.497 e. The van der Waals surface area contributed by atoms with Gasteiger partial charge in [0.1, 0.15) is 5.75 Å². The Morgan fingerprint density at radius 2 is 1.43 bits per heavy atom. The molecule has 44 heavy (non-hydrogen) atoms. The van der Waals surface area contributed by atoms with Crippen molar-refractivity contribution >= 4 is 33.0 Å². The molecule has 1 N–H and O–H groups in total. The second-order valence-electron chi connectivity index (χ2n) is 11.0. The van der Waals surface area contributed by atoms with Crippen molar-refractivity contribution in [2.24, 2.45) is 0 Å². The van der Waals surface area contributed by atoms with Gasteiger partial charge < -0.3 is 19.9 Å². The Kier molecular flexibility index (Phi) is 9.51. The highest BCUT2D eigenvalue weighted by Gasteiger charge is 2.33. The first-order valence-electron chi connectivity index (χ1n) is 14.7. The van der Waals surface area contributed by atoms with Crippen molar-refractivity contribution in [1.29, 1.82) is 0 Å². The number of hydrogen-bond donors (Lipinski definition) is 1. The van der Waals surface area contributed by atoms with E-state index in [2.05, 4.69) is 20.1 Å². The minimum atomic E-state index is -3.95. The zero-order valence-electron chi connectivity index (χ0n) is 25.6. The Hall–Kier alpha value is -4.41. The SMILES string of the molecule is COc1cc(C)c(S(=O)(=O)N(C)C(CC(=O)Nc2ccc(N3CCN(c4ccncc4)CC3)cc2)c2ccccc2)c(C)c1. The van der Waals surface area contributed by atoms with E-state index >= 15 is 0 Å². The van der Waals surface area contributed by atoms with Crippen molar-refractivity contribution in [3.05, 3.63) is 108 Å². The molecule has 0 radical (unpaired) electrons. The fraction of sp³-hybridized carbons (Fsp3) is 0.294. The molecule has 9 nitrogen and oxygen atoms in total. The van der Waals surface area contributed by atoms with E-state index in [9.17, 15) is 13.2 Å². The molecular formula is C34H39N5O4S. The van der Waals surface area contributed by atoms with Crippen LogP contribution in [0.25, 0.3) is 0 Å². The third kappa shape index (κ3) is 6.87.